The highest BCUT2D eigenvalue weighted by Gasteiger charge is 2.38. The SMILES string of the molecule is C1=C[C@@H]2c3cc(-c4ccccc4)ccc3N[C@@H](c3cccc4ccccc34)[C@H]2C1. The lowest BCUT2D eigenvalue weighted by Gasteiger charge is -2.38. The summed E-state index contributed by atoms with van der Waals surface area (Å²) in [5.41, 5.74) is 6.70. The zero-order valence-electron chi connectivity index (χ0n) is 16.3. The van der Waals surface area contributed by atoms with E-state index < -0.39 is 0 Å². The average molecular weight is 373 g/mol. The fourth-order valence-electron chi connectivity index (χ4n) is 5.23. The lowest BCUT2D eigenvalue weighted by atomic mass is 9.75. The Morgan fingerprint density at radius 1 is 0.690 bits per heavy atom. The second-order valence-corrected chi connectivity index (χ2v) is 8.21. The molecule has 1 N–H and O–H groups in total. The van der Waals surface area contributed by atoms with Gasteiger partial charge in [0.15, 0.2) is 0 Å². The molecule has 2 aliphatic rings. The molecule has 0 spiro atoms. The van der Waals surface area contributed by atoms with E-state index in [1.165, 1.54) is 38.7 Å². The molecule has 1 aliphatic carbocycles. The third-order valence-corrected chi connectivity index (χ3v) is 6.63. The number of hydrogen-bond donors (Lipinski definition) is 1. The van der Waals surface area contributed by atoms with Crippen molar-refractivity contribution >= 4 is 16.5 Å². The highest BCUT2D eigenvalue weighted by atomic mass is 15.0. The minimum Gasteiger partial charge on any atom is -0.378 e. The number of nitrogens with one attached hydrogen (secondary N) is 1. The Labute approximate surface area is 171 Å². The first-order chi connectivity index (χ1) is 14.4. The van der Waals surface area contributed by atoms with Gasteiger partial charge in [0.1, 0.15) is 0 Å². The van der Waals surface area contributed by atoms with Crippen LogP contribution in [0, 0.1) is 5.92 Å². The van der Waals surface area contributed by atoms with E-state index in [2.05, 4.69) is 108 Å². The molecular weight excluding hydrogens is 350 g/mol. The minimum atomic E-state index is 0.330. The first-order valence-corrected chi connectivity index (χ1v) is 10.5. The summed E-state index contributed by atoms with van der Waals surface area (Å²) in [7, 11) is 0. The summed E-state index contributed by atoms with van der Waals surface area (Å²) < 4.78 is 0. The van der Waals surface area contributed by atoms with Crippen molar-refractivity contribution in [3.05, 3.63) is 114 Å². The van der Waals surface area contributed by atoms with Crippen LogP contribution < -0.4 is 5.32 Å². The lowest BCUT2D eigenvalue weighted by Crippen LogP contribution is -2.29. The van der Waals surface area contributed by atoms with E-state index in [0.29, 0.717) is 17.9 Å². The predicted octanol–water partition coefficient (Wildman–Crippen LogP) is 7.33. The van der Waals surface area contributed by atoms with Gasteiger partial charge in [0.25, 0.3) is 0 Å². The number of rotatable bonds is 2. The number of benzene rings is 4. The zero-order chi connectivity index (χ0) is 19.2. The Morgan fingerprint density at radius 2 is 1.52 bits per heavy atom. The molecule has 0 bridgehead atoms. The Kier molecular flexibility index (Phi) is 3.80. The van der Waals surface area contributed by atoms with Crippen LogP contribution >= 0.6 is 0 Å². The molecule has 0 unspecified atom stereocenters. The van der Waals surface area contributed by atoms with E-state index in [9.17, 15) is 0 Å². The fourth-order valence-corrected chi connectivity index (χ4v) is 5.23. The number of anilines is 1. The molecule has 1 heteroatoms. The van der Waals surface area contributed by atoms with Crippen LogP contribution in [0.25, 0.3) is 21.9 Å². The third kappa shape index (κ3) is 2.69. The maximum Gasteiger partial charge on any atom is 0.0560 e. The van der Waals surface area contributed by atoms with Crippen molar-refractivity contribution in [3.8, 4) is 11.1 Å². The van der Waals surface area contributed by atoms with Gasteiger partial charge >= 0.3 is 0 Å². The van der Waals surface area contributed by atoms with Crippen molar-refractivity contribution < 1.29 is 0 Å². The maximum atomic E-state index is 3.92. The van der Waals surface area contributed by atoms with Gasteiger partial charge < -0.3 is 5.32 Å². The first-order valence-electron chi connectivity index (χ1n) is 10.5. The van der Waals surface area contributed by atoms with Crippen LogP contribution in [0.5, 0.6) is 0 Å². The summed E-state index contributed by atoms with van der Waals surface area (Å²) >= 11 is 0. The summed E-state index contributed by atoms with van der Waals surface area (Å²) in [6, 6.07) is 33.4. The van der Waals surface area contributed by atoms with Crippen LogP contribution in [0.4, 0.5) is 5.69 Å². The van der Waals surface area contributed by atoms with Crippen LogP contribution in [-0.2, 0) is 0 Å². The predicted molar refractivity (Wildman–Crippen MR) is 122 cm³/mol. The van der Waals surface area contributed by atoms with Gasteiger partial charge in [-0.15, -0.1) is 0 Å². The van der Waals surface area contributed by atoms with Crippen LogP contribution in [-0.4, -0.2) is 0 Å². The topological polar surface area (TPSA) is 12.0 Å². The molecule has 1 nitrogen and oxygen atoms in total. The Hall–Kier alpha value is -3.32. The molecule has 0 fully saturated rings. The monoisotopic (exact) mass is 373 g/mol. The summed E-state index contributed by atoms with van der Waals surface area (Å²) in [5.74, 6) is 1.03. The Balaban J connectivity index is 1.46. The Bertz CT molecular complexity index is 1220. The molecule has 1 heterocycles. The molecule has 0 radical (unpaired) electrons. The Morgan fingerprint density at radius 3 is 2.45 bits per heavy atom. The fraction of sp³-hybridized carbons (Fsp3) is 0.143. The molecule has 140 valence electrons. The number of fused-ring (bicyclic) bond motifs is 4. The smallest absolute Gasteiger partial charge is 0.0560 e. The molecule has 3 atom stereocenters. The van der Waals surface area contributed by atoms with Crippen molar-refractivity contribution in [2.45, 2.75) is 18.4 Å². The van der Waals surface area contributed by atoms with Crippen LogP contribution in [0.15, 0.2) is 103 Å². The van der Waals surface area contributed by atoms with Gasteiger partial charge in [-0.05, 0) is 57.5 Å². The molecule has 4 aromatic rings. The average Bonchev–Trinajstić information content (AvgIpc) is 3.29. The van der Waals surface area contributed by atoms with E-state index in [4.69, 9.17) is 0 Å². The molecular formula is C28H23N. The van der Waals surface area contributed by atoms with Gasteiger partial charge in [-0.2, -0.15) is 0 Å². The van der Waals surface area contributed by atoms with E-state index in [1.54, 1.807) is 0 Å². The molecule has 1 aliphatic heterocycles. The van der Waals surface area contributed by atoms with Gasteiger partial charge in [0.2, 0.25) is 0 Å². The van der Waals surface area contributed by atoms with Crippen molar-refractivity contribution in [2.24, 2.45) is 5.92 Å². The number of allylic oxidation sites excluding steroid dienone is 2. The maximum absolute atomic E-state index is 3.92. The summed E-state index contributed by atoms with van der Waals surface area (Å²) in [4.78, 5) is 0. The second-order valence-electron chi connectivity index (χ2n) is 8.21. The highest BCUT2D eigenvalue weighted by Crippen LogP contribution is 2.51. The van der Waals surface area contributed by atoms with Crippen molar-refractivity contribution in [3.63, 3.8) is 0 Å². The molecule has 0 saturated heterocycles. The zero-order valence-corrected chi connectivity index (χ0v) is 16.3. The molecule has 0 aromatic heterocycles. The van der Waals surface area contributed by atoms with Gasteiger partial charge in [-0.1, -0.05) is 91.0 Å². The second kappa shape index (κ2) is 6.63. The van der Waals surface area contributed by atoms with Crippen LogP contribution in [0.1, 0.15) is 29.5 Å². The first kappa shape index (κ1) is 16.6. The van der Waals surface area contributed by atoms with E-state index in [-0.39, 0.29) is 0 Å². The lowest BCUT2D eigenvalue weighted by molar-refractivity contribution is 0.427. The largest absolute Gasteiger partial charge is 0.378 e. The standard InChI is InChI=1S/C28H23N/c1-2-8-19(9-3-1)21-16-17-27-26(18-21)23-13-7-15-25(23)28(29-27)24-14-6-11-20-10-4-5-12-22(20)24/h1-14,16-18,23,25,28-29H,15H2/t23-,25-,28-/m0/s1. The van der Waals surface area contributed by atoms with Gasteiger partial charge in [0, 0.05) is 11.6 Å². The summed E-state index contributed by atoms with van der Waals surface area (Å²) in [6.07, 6.45) is 5.93. The van der Waals surface area contributed by atoms with Gasteiger partial charge in [-0.25, -0.2) is 0 Å². The number of hydrogen-bond acceptors (Lipinski definition) is 1. The highest BCUT2D eigenvalue weighted by molar-refractivity contribution is 5.87. The molecule has 0 amide bonds. The summed E-state index contributed by atoms with van der Waals surface area (Å²) in [5, 5.41) is 6.60. The quantitative estimate of drug-likeness (QED) is 0.363. The van der Waals surface area contributed by atoms with E-state index in [1.807, 2.05) is 0 Å². The molecule has 4 aromatic carbocycles. The normalized spacial score (nSPS) is 22.1. The third-order valence-electron chi connectivity index (χ3n) is 6.63. The van der Waals surface area contributed by atoms with Crippen LogP contribution in [0.2, 0.25) is 0 Å². The van der Waals surface area contributed by atoms with Gasteiger partial charge in [-0.3, -0.25) is 0 Å². The van der Waals surface area contributed by atoms with Crippen molar-refractivity contribution in [2.75, 3.05) is 5.32 Å². The van der Waals surface area contributed by atoms with Crippen molar-refractivity contribution in [1.29, 1.82) is 0 Å². The van der Waals surface area contributed by atoms with Crippen molar-refractivity contribution in [1.82, 2.24) is 0 Å². The summed E-state index contributed by atoms with van der Waals surface area (Å²) in [6.45, 7) is 0. The molecule has 6 rings (SSSR count). The molecule has 29 heavy (non-hydrogen) atoms. The van der Waals surface area contributed by atoms with Gasteiger partial charge in [0.05, 0.1) is 6.04 Å². The van der Waals surface area contributed by atoms with Crippen LogP contribution in [0.3, 0.4) is 0 Å². The molecule has 0 saturated carbocycles. The van der Waals surface area contributed by atoms with E-state index in [0.717, 1.165) is 6.42 Å². The van der Waals surface area contributed by atoms with E-state index >= 15 is 0 Å². The minimum absolute atomic E-state index is 0.330.